The van der Waals surface area contributed by atoms with Gasteiger partial charge in [-0.15, -0.1) is 0 Å². The molecule has 0 unspecified atom stereocenters. The number of ether oxygens (including phenoxy) is 1. The summed E-state index contributed by atoms with van der Waals surface area (Å²) in [6, 6.07) is 10.8. The van der Waals surface area contributed by atoms with Crippen LogP contribution in [0.3, 0.4) is 0 Å². The van der Waals surface area contributed by atoms with Crippen molar-refractivity contribution in [3.8, 4) is 11.8 Å². The van der Waals surface area contributed by atoms with Crippen LogP contribution in [0.5, 0.6) is 0 Å². The normalized spacial score (nSPS) is 11.1. The fourth-order valence-electron chi connectivity index (χ4n) is 2.83. The van der Waals surface area contributed by atoms with E-state index >= 15 is 0 Å². The van der Waals surface area contributed by atoms with E-state index in [0.717, 1.165) is 12.7 Å². The summed E-state index contributed by atoms with van der Waals surface area (Å²) in [6.07, 6.45) is 1.30. The third-order valence-electron chi connectivity index (χ3n) is 4.42. The van der Waals surface area contributed by atoms with E-state index in [1.807, 2.05) is 13.0 Å². The predicted molar refractivity (Wildman–Crippen MR) is 118 cm³/mol. The van der Waals surface area contributed by atoms with Crippen LogP contribution in [-0.2, 0) is 14.8 Å². The van der Waals surface area contributed by atoms with Crippen LogP contribution in [0.1, 0.15) is 21.6 Å². The number of hydrogen-bond donors (Lipinski definition) is 2. The van der Waals surface area contributed by atoms with Gasteiger partial charge in [-0.05, 0) is 31.2 Å². The Morgan fingerprint density at radius 3 is 2.42 bits per heavy atom. The quantitative estimate of drug-likeness (QED) is 0.530. The molecular weight excluding hydrogens is 463 g/mol. The molecule has 3 rings (SSSR count). The molecule has 0 spiro atoms. The van der Waals surface area contributed by atoms with Crippen LogP contribution in [0, 0.1) is 18.3 Å². The number of benzene rings is 2. The Kier molecular flexibility index (Phi) is 6.18. The first kappa shape index (κ1) is 22.5. The molecule has 0 aliphatic rings. The second-order valence-corrected chi connectivity index (χ2v) is 8.98. The number of carbonyl (C=O) groups is 1. The molecule has 0 saturated carbocycles. The minimum atomic E-state index is -3.96. The molecule has 0 saturated heterocycles. The Morgan fingerprint density at radius 2 is 1.84 bits per heavy atom. The Balaban J connectivity index is 2.14. The highest BCUT2D eigenvalue weighted by Gasteiger charge is 2.24. The molecule has 3 aromatic rings. The summed E-state index contributed by atoms with van der Waals surface area (Å²) in [4.78, 5) is 12.3. The molecule has 3 N–H and O–H groups in total. The van der Waals surface area contributed by atoms with E-state index in [1.165, 1.54) is 35.0 Å². The average Bonchev–Trinajstić information content (AvgIpc) is 3.05. The molecule has 31 heavy (non-hydrogen) atoms. The summed E-state index contributed by atoms with van der Waals surface area (Å²) < 4.78 is 34.0. The Morgan fingerprint density at radius 1 is 1.19 bits per heavy atom. The third kappa shape index (κ3) is 4.32. The Hall–Kier alpha value is -3.19. The number of nitrogens with two attached hydrogens (primary N) is 1. The number of halogens is 2. The molecule has 2 aromatic carbocycles. The van der Waals surface area contributed by atoms with Crippen molar-refractivity contribution in [2.45, 2.75) is 11.8 Å². The number of aryl methyl sites for hydroxylation is 1. The lowest BCUT2D eigenvalue weighted by Gasteiger charge is -2.15. The van der Waals surface area contributed by atoms with Crippen molar-refractivity contribution in [1.82, 2.24) is 4.57 Å². The highest BCUT2D eigenvalue weighted by Crippen LogP contribution is 2.35. The number of nitrogen functional groups attached to an aromatic ring is 1. The van der Waals surface area contributed by atoms with Gasteiger partial charge in [-0.1, -0.05) is 40.9 Å². The van der Waals surface area contributed by atoms with Gasteiger partial charge in [0.05, 0.1) is 44.7 Å². The minimum absolute atomic E-state index is 0.0169. The predicted octanol–water partition coefficient (Wildman–Crippen LogP) is 4.13. The number of nitriles is 1. The molecule has 11 heteroatoms. The van der Waals surface area contributed by atoms with Crippen molar-refractivity contribution < 1.29 is 17.9 Å². The number of methoxy groups -OCH3 is 1. The molecule has 0 aliphatic heterocycles. The van der Waals surface area contributed by atoms with Gasteiger partial charge < -0.3 is 15.0 Å². The number of nitrogens with one attached hydrogen (secondary N) is 1. The molecule has 0 radical (unpaired) electrons. The average molecular weight is 479 g/mol. The van der Waals surface area contributed by atoms with E-state index in [9.17, 15) is 18.5 Å². The van der Waals surface area contributed by atoms with Gasteiger partial charge in [0.15, 0.2) is 5.69 Å². The number of anilines is 2. The number of aromatic nitrogens is 1. The highest BCUT2D eigenvalue weighted by molar-refractivity contribution is 7.92. The van der Waals surface area contributed by atoms with Crippen LogP contribution in [0.2, 0.25) is 10.0 Å². The molecule has 0 amide bonds. The molecule has 8 nitrogen and oxygen atoms in total. The fraction of sp³-hybridized carbons (Fsp3) is 0.100. The third-order valence-corrected chi connectivity index (χ3v) is 6.41. The van der Waals surface area contributed by atoms with Crippen molar-refractivity contribution in [2.75, 3.05) is 17.6 Å². The lowest BCUT2D eigenvalue weighted by molar-refractivity contribution is 0.0593. The van der Waals surface area contributed by atoms with E-state index in [-0.39, 0.29) is 43.3 Å². The van der Waals surface area contributed by atoms with Crippen LogP contribution in [0.15, 0.2) is 47.5 Å². The second kappa shape index (κ2) is 8.51. The van der Waals surface area contributed by atoms with E-state index in [0.29, 0.717) is 0 Å². The summed E-state index contributed by atoms with van der Waals surface area (Å²) in [5, 5.41) is 9.41. The SMILES string of the molecule is COC(=O)c1c(N)c(C#N)cn1-c1cc(NS(=O)(=O)c2ccc(C)cc2)c(Cl)cc1Cl. The van der Waals surface area contributed by atoms with Crippen molar-refractivity contribution in [1.29, 1.82) is 5.26 Å². The lowest BCUT2D eigenvalue weighted by atomic mass is 10.2. The zero-order valence-corrected chi connectivity index (χ0v) is 18.6. The minimum Gasteiger partial charge on any atom is -0.464 e. The largest absolute Gasteiger partial charge is 0.464 e. The van der Waals surface area contributed by atoms with Gasteiger partial charge in [-0.3, -0.25) is 4.72 Å². The van der Waals surface area contributed by atoms with Crippen LogP contribution >= 0.6 is 23.2 Å². The fourth-order valence-corrected chi connectivity index (χ4v) is 4.47. The van der Waals surface area contributed by atoms with E-state index in [2.05, 4.69) is 4.72 Å². The molecular formula is C20H16Cl2N4O4S. The summed E-state index contributed by atoms with van der Waals surface area (Å²) in [7, 11) is -2.80. The number of carbonyl (C=O) groups excluding carboxylic acids is 1. The van der Waals surface area contributed by atoms with Crippen LogP contribution in [-0.4, -0.2) is 26.1 Å². The van der Waals surface area contributed by atoms with E-state index < -0.39 is 16.0 Å². The van der Waals surface area contributed by atoms with Crippen LogP contribution < -0.4 is 10.5 Å². The first-order valence-corrected chi connectivity index (χ1v) is 10.9. The van der Waals surface area contributed by atoms with Crippen LogP contribution in [0.25, 0.3) is 5.69 Å². The first-order chi connectivity index (χ1) is 14.6. The van der Waals surface area contributed by atoms with Gasteiger partial charge in [0.1, 0.15) is 6.07 Å². The maximum absolute atomic E-state index is 12.8. The first-order valence-electron chi connectivity index (χ1n) is 8.67. The number of rotatable bonds is 5. The molecule has 0 aliphatic carbocycles. The number of hydrogen-bond acceptors (Lipinski definition) is 6. The summed E-state index contributed by atoms with van der Waals surface area (Å²) in [5.74, 6) is -0.799. The zero-order chi connectivity index (χ0) is 22.9. The van der Waals surface area contributed by atoms with E-state index in [1.54, 1.807) is 12.1 Å². The smallest absolute Gasteiger partial charge is 0.357 e. The Bertz CT molecular complexity index is 1330. The lowest BCUT2D eigenvalue weighted by Crippen LogP contribution is -2.14. The summed E-state index contributed by atoms with van der Waals surface area (Å²) >= 11 is 12.5. The van der Waals surface area contributed by atoms with Gasteiger partial charge in [0, 0.05) is 6.20 Å². The van der Waals surface area contributed by atoms with Crippen molar-refractivity contribution in [3.05, 3.63) is 69.5 Å². The molecule has 0 fully saturated rings. The number of esters is 1. The molecule has 0 atom stereocenters. The van der Waals surface area contributed by atoms with Gasteiger partial charge in [0.2, 0.25) is 0 Å². The standard InChI is InChI=1S/C20H16Cl2N4O4S/c1-11-3-5-13(6-4-11)31(28,29)25-16-8-17(15(22)7-14(16)21)26-10-12(9-23)18(24)19(26)20(27)30-2/h3-8,10,25H,24H2,1-2H3. The number of sulfonamides is 1. The summed E-state index contributed by atoms with van der Waals surface area (Å²) in [6.45, 7) is 1.84. The topological polar surface area (TPSA) is 127 Å². The Labute approximate surface area is 188 Å². The maximum Gasteiger partial charge on any atom is 0.357 e. The van der Waals surface area contributed by atoms with Gasteiger partial charge >= 0.3 is 5.97 Å². The molecule has 1 aromatic heterocycles. The van der Waals surface area contributed by atoms with E-state index in [4.69, 9.17) is 33.7 Å². The van der Waals surface area contributed by atoms with Gasteiger partial charge in [0.25, 0.3) is 10.0 Å². The molecule has 160 valence electrons. The maximum atomic E-state index is 12.8. The molecule has 1 heterocycles. The zero-order valence-electron chi connectivity index (χ0n) is 16.3. The number of nitrogens with zero attached hydrogens (tertiary/aromatic N) is 2. The van der Waals surface area contributed by atoms with Gasteiger partial charge in [-0.25, -0.2) is 13.2 Å². The van der Waals surface area contributed by atoms with Crippen LogP contribution in [0.4, 0.5) is 11.4 Å². The van der Waals surface area contributed by atoms with Crippen molar-refractivity contribution >= 4 is 50.6 Å². The van der Waals surface area contributed by atoms with Gasteiger partial charge in [-0.2, -0.15) is 5.26 Å². The second-order valence-electron chi connectivity index (χ2n) is 6.48. The van der Waals surface area contributed by atoms with Crippen molar-refractivity contribution in [3.63, 3.8) is 0 Å². The summed E-state index contributed by atoms with van der Waals surface area (Å²) in [5.41, 5.74) is 6.80. The van der Waals surface area contributed by atoms with Crippen molar-refractivity contribution in [2.24, 2.45) is 0 Å². The monoisotopic (exact) mass is 478 g/mol. The highest BCUT2D eigenvalue weighted by atomic mass is 35.5. The molecule has 0 bridgehead atoms.